The highest BCUT2D eigenvalue weighted by Gasteiger charge is 2.29. The van der Waals surface area contributed by atoms with Crippen LogP contribution in [-0.4, -0.2) is 52.6 Å². The Balaban J connectivity index is 2.23. The number of sulfonamides is 1. The first-order valence-corrected chi connectivity index (χ1v) is 8.44. The molecule has 5 nitrogen and oxygen atoms in total. The first-order valence-electron chi connectivity index (χ1n) is 7.00. The largest absolute Gasteiger partial charge is 0.494 e. The molecule has 0 saturated carbocycles. The van der Waals surface area contributed by atoms with E-state index < -0.39 is 10.0 Å². The maximum atomic E-state index is 12.6. The van der Waals surface area contributed by atoms with E-state index in [9.17, 15) is 8.42 Å². The van der Waals surface area contributed by atoms with Gasteiger partial charge in [-0.1, -0.05) is 0 Å². The second-order valence-electron chi connectivity index (χ2n) is 5.22. The molecule has 0 aromatic heterocycles. The second-order valence-corrected chi connectivity index (χ2v) is 7.16. The zero-order valence-corrected chi connectivity index (χ0v) is 13.2. The van der Waals surface area contributed by atoms with Gasteiger partial charge in [0, 0.05) is 0 Å². The minimum Gasteiger partial charge on any atom is -0.494 e. The van der Waals surface area contributed by atoms with E-state index in [0.29, 0.717) is 24.6 Å². The van der Waals surface area contributed by atoms with Crippen molar-refractivity contribution in [3.05, 3.63) is 23.8 Å². The van der Waals surface area contributed by atoms with Gasteiger partial charge < -0.3 is 9.64 Å². The number of rotatable bonds is 4. The Morgan fingerprint density at radius 3 is 2.50 bits per heavy atom. The Morgan fingerprint density at radius 2 is 1.95 bits per heavy atom. The van der Waals surface area contributed by atoms with Crippen molar-refractivity contribution in [2.75, 3.05) is 39.8 Å². The topological polar surface area (TPSA) is 51.1 Å². The number of aryl methyl sites for hydroxylation is 1. The molecule has 0 atom stereocenters. The van der Waals surface area contributed by atoms with Crippen LogP contribution in [-0.2, 0) is 10.0 Å². The zero-order valence-electron chi connectivity index (χ0n) is 12.3. The molecular weight excluding hydrogens is 276 g/mol. The highest BCUT2D eigenvalue weighted by molar-refractivity contribution is 7.89. The highest BCUT2D eigenvalue weighted by Crippen LogP contribution is 2.24. The molecule has 1 aliphatic heterocycles. The number of nitrogens with one attached hydrogen (secondary N) is 1. The third-order valence-electron chi connectivity index (χ3n) is 3.66. The lowest BCUT2D eigenvalue weighted by molar-refractivity contribution is -0.883. The predicted molar refractivity (Wildman–Crippen MR) is 77.7 cm³/mol. The Hall–Kier alpha value is -1.11. The Bertz CT molecular complexity index is 564. The van der Waals surface area contributed by atoms with E-state index in [4.69, 9.17) is 4.74 Å². The lowest BCUT2D eigenvalue weighted by atomic mass is 10.2. The molecule has 1 heterocycles. The van der Waals surface area contributed by atoms with Crippen molar-refractivity contribution in [2.24, 2.45) is 0 Å². The van der Waals surface area contributed by atoms with Gasteiger partial charge in [0.1, 0.15) is 5.75 Å². The van der Waals surface area contributed by atoms with E-state index in [2.05, 4.69) is 7.05 Å². The van der Waals surface area contributed by atoms with Crippen molar-refractivity contribution in [3.8, 4) is 5.75 Å². The van der Waals surface area contributed by atoms with Gasteiger partial charge in [0.05, 0.1) is 44.7 Å². The minimum atomic E-state index is -3.38. The molecule has 1 aromatic rings. The van der Waals surface area contributed by atoms with Crippen LogP contribution in [0.2, 0.25) is 0 Å². The van der Waals surface area contributed by atoms with Crippen molar-refractivity contribution in [1.29, 1.82) is 0 Å². The van der Waals surface area contributed by atoms with Crippen LogP contribution in [0.1, 0.15) is 12.5 Å². The third-order valence-corrected chi connectivity index (χ3v) is 5.55. The molecule has 1 aromatic carbocycles. The molecule has 0 bridgehead atoms. The monoisotopic (exact) mass is 299 g/mol. The molecule has 1 N–H and O–H groups in total. The first kappa shape index (κ1) is 15.3. The van der Waals surface area contributed by atoms with Crippen molar-refractivity contribution >= 4 is 10.0 Å². The number of hydrogen-bond donors (Lipinski definition) is 1. The normalized spacial score (nSPS) is 18.1. The van der Waals surface area contributed by atoms with Gasteiger partial charge in [-0.2, -0.15) is 4.31 Å². The maximum Gasteiger partial charge on any atom is 0.243 e. The van der Waals surface area contributed by atoms with E-state index in [0.717, 1.165) is 24.4 Å². The summed E-state index contributed by atoms with van der Waals surface area (Å²) in [7, 11) is -1.29. The molecule has 0 spiro atoms. The number of likely N-dealkylation sites (N-methyl/N-ethyl adjacent to an activating group) is 1. The van der Waals surface area contributed by atoms with Crippen molar-refractivity contribution < 1.29 is 18.1 Å². The van der Waals surface area contributed by atoms with E-state index in [1.807, 2.05) is 13.8 Å². The fourth-order valence-corrected chi connectivity index (χ4v) is 3.88. The van der Waals surface area contributed by atoms with Gasteiger partial charge >= 0.3 is 0 Å². The molecule has 1 fully saturated rings. The lowest BCUT2D eigenvalue weighted by Gasteiger charge is -2.29. The summed E-state index contributed by atoms with van der Waals surface area (Å²) in [6.07, 6.45) is 0. The van der Waals surface area contributed by atoms with Gasteiger partial charge in [0.25, 0.3) is 0 Å². The Kier molecular flexibility index (Phi) is 4.67. The number of quaternary nitrogens is 1. The molecule has 6 heteroatoms. The molecule has 112 valence electrons. The summed E-state index contributed by atoms with van der Waals surface area (Å²) < 4.78 is 32.2. The summed E-state index contributed by atoms with van der Waals surface area (Å²) in [6, 6.07) is 5.08. The average Bonchev–Trinajstić information content (AvgIpc) is 2.41. The summed E-state index contributed by atoms with van der Waals surface area (Å²) in [4.78, 5) is 1.73. The van der Waals surface area contributed by atoms with Gasteiger partial charge in [0.15, 0.2) is 0 Å². The predicted octanol–water partition coefficient (Wildman–Crippen LogP) is -0.0873. The number of nitrogens with zero attached hydrogens (tertiary/aromatic N) is 1. The van der Waals surface area contributed by atoms with E-state index in [1.165, 1.54) is 4.90 Å². The fourth-order valence-electron chi connectivity index (χ4n) is 2.36. The van der Waals surface area contributed by atoms with Crippen LogP contribution in [0, 0.1) is 6.92 Å². The maximum absolute atomic E-state index is 12.6. The second kappa shape index (κ2) is 6.11. The number of benzene rings is 1. The number of hydrogen-bond acceptors (Lipinski definition) is 3. The van der Waals surface area contributed by atoms with Gasteiger partial charge in [0.2, 0.25) is 10.0 Å². The molecule has 0 radical (unpaired) electrons. The van der Waals surface area contributed by atoms with Crippen LogP contribution in [0.25, 0.3) is 0 Å². The quantitative estimate of drug-likeness (QED) is 0.845. The molecular formula is C14H23N2O3S+. The van der Waals surface area contributed by atoms with Crippen LogP contribution in [0.15, 0.2) is 23.1 Å². The van der Waals surface area contributed by atoms with Crippen molar-refractivity contribution in [3.63, 3.8) is 0 Å². The smallest absolute Gasteiger partial charge is 0.243 e. The molecule has 20 heavy (non-hydrogen) atoms. The van der Waals surface area contributed by atoms with Crippen molar-refractivity contribution in [1.82, 2.24) is 4.31 Å². The molecule has 2 rings (SSSR count). The van der Waals surface area contributed by atoms with E-state index in [1.54, 1.807) is 22.5 Å². The number of ether oxygens (including phenoxy) is 1. The summed E-state index contributed by atoms with van der Waals surface area (Å²) in [5.74, 6) is 0.745. The third kappa shape index (κ3) is 3.13. The van der Waals surface area contributed by atoms with Crippen molar-refractivity contribution in [2.45, 2.75) is 18.7 Å². The fraction of sp³-hybridized carbons (Fsp3) is 0.571. The Labute approximate surface area is 121 Å². The number of piperazine rings is 1. The van der Waals surface area contributed by atoms with Crippen LogP contribution in [0.5, 0.6) is 5.75 Å². The van der Waals surface area contributed by atoms with Gasteiger partial charge in [-0.15, -0.1) is 0 Å². The lowest BCUT2D eigenvalue weighted by Crippen LogP contribution is -3.12. The van der Waals surface area contributed by atoms with Crippen LogP contribution in [0.4, 0.5) is 0 Å². The van der Waals surface area contributed by atoms with Gasteiger partial charge in [-0.3, -0.25) is 0 Å². The molecule has 1 aliphatic rings. The highest BCUT2D eigenvalue weighted by atomic mass is 32.2. The average molecular weight is 299 g/mol. The van der Waals surface area contributed by atoms with Crippen LogP contribution < -0.4 is 9.64 Å². The minimum absolute atomic E-state index is 0.359. The Morgan fingerprint density at radius 1 is 1.30 bits per heavy atom. The molecule has 0 unspecified atom stereocenters. The first-order chi connectivity index (χ1) is 9.45. The van der Waals surface area contributed by atoms with E-state index in [-0.39, 0.29) is 0 Å². The summed E-state index contributed by atoms with van der Waals surface area (Å²) in [6.45, 7) is 7.24. The summed E-state index contributed by atoms with van der Waals surface area (Å²) in [5, 5.41) is 0. The molecule has 0 aliphatic carbocycles. The molecule has 0 amide bonds. The van der Waals surface area contributed by atoms with E-state index >= 15 is 0 Å². The zero-order chi connectivity index (χ0) is 14.8. The summed E-state index contributed by atoms with van der Waals surface area (Å²) >= 11 is 0. The van der Waals surface area contributed by atoms with Crippen LogP contribution >= 0.6 is 0 Å². The summed E-state index contributed by atoms with van der Waals surface area (Å²) in [5.41, 5.74) is 0.854. The van der Waals surface area contributed by atoms with Gasteiger partial charge in [-0.25, -0.2) is 8.42 Å². The molecule has 1 saturated heterocycles. The van der Waals surface area contributed by atoms with Crippen LogP contribution in [0.3, 0.4) is 0 Å². The standard InChI is InChI=1S/C14H22N2O3S/c1-4-19-14-6-5-13(11-12(14)2)20(17,18)16-9-7-15(3)8-10-16/h5-6,11H,4,7-10H2,1-3H3/p+1. The SMILES string of the molecule is CCOc1ccc(S(=O)(=O)N2CC[NH+](C)CC2)cc1C. The van der Waals surface area contributed by atoms with Gasteiger partial charge in [-0.05, 0) is 37.6 Å².